The lowest BCUT2D eigenvalue weighted by Crippen LogP contribution is -2.38. The lowest BCUT2D eigenvalue weighted by molar-refractivity contribution is -0.142. The van der Waals surface area contributed by atoms with Gasteiger partial charge in [-0.15, -0.1) is 0 Å². The molecule has 1 N–H and O–H groups in total. The van der Waals surface area contributed by atoms with Crippen molar-refractivity contribution in [3.05, 3.63) is 58.2 Å². The number of anilines is 1. The second-order valence-electron chi connectivity index (χ2n) is 7.05. The topological polar surface area (TPSA) is 84.3 Å². The first kappa shape index (κ1) is 19.7. The van der Waals surface area contributed by atoms with Crippen LogP contribution >= 0.6 is 23.2 Å². The number of rotatable bonds is 5. The van der Waals surface area contributed by atoms with Gasteiger partial charge in [0.25, 0.3) is 0 Å². The summed E-state index contributed by atoms with van der Waals surface area (Å²) in [7, 11) is 0. The van der Waals surface area contributed by atoms with Gasteiger partial charge in [0, 0.05) is 6.07 Å². The number of hydrogen-bond acceptors (Lipinski definition) is 4. The highest BCUT2D eigenvalue weighted by atomic mass is 35.5. The van der Waals surface area contributed by atoms with Gasteiger partial charge >= 0.3 is 0 Å². The van der Waals surface area contributed by atoms with Crippen LogP contribution in [-0.2, 0) is 20.9 Å². The van der Waals surface area contributed by atoms with Gasteiger partial charge < -0.3 is 5.32 Å². The predicted octanol–water partition coefficient (Wildman–Crippen LogP) is 3.13. The number of fused-ring (bicyclic) bond motifs is 1. The molecule has 4 rings (SSSR count). The maximum atomic E-state index is 12.5. The fourth-order valence-electron chi connectivity index (χ4n) is 3.75. The third kappa shape index (κ3) is 3.80. The third-order valence-corrected chi connectivity index (χ3v) is 6.09. The average Bonchev–Trinajstić information content (AvgIpc) is 3.24. The van der Waals surface area contributed by atoms with Crippen molar-refractivity contribution in [2.45, 2.75) is 19.4 Å². The summed E-state index contributed by atoms with van der Waals surface area (Å²) < 4.78 is 1.56. The van der Waals surface area contributed by atoms with Crippen LogP contribution in [0.4, 0.5) is 5.82 Å². The normalized spacial score (nSPS) is 20.8. The molecule has 2 aliphatic rings. The van der Waals surface area contributed by atoms with E-state index in [-0.39, 0.29) is 30.2 Å². The molecule has 2 aromatic rings. The number of nitrogens with one attached hydrogen (secondary N) is 1. The van der Waals surface area contributed by atoms with Gasteiger partial charge in [0.05, 0.1) is 34.6 Å². The molecule has 0 unspecified atom stereocenters. The van der Waals surface area contributed by atoms with E-state index >= 15 is 0 Å². The number of carbonyl (C=O) groups is 3. The molecule has 150 valence electrons. The Morgan fingerprint density at radius 2 is 1.79 bits per heavy atom. The standard InChI is InChI=1S/C20H18Cl2N4O3/c21-15-7-3-4-12(18(15)22)10-26-16(8-9-23-26)24-17(27)11-25-19(28)13-5-1-2-6-14(13)20(25)29/h1-4,7-9,13-14H,5-6,10-11H2,(H,24,27)/t13-,14-/m1/s1. The fraction of sp³-hybridized carbons (Fsp3) is 0.300. The number of aromatic nitrogens is 2. The Kier molecular flexibility index (Phi) is 5.43. The first-order valence-corrected chi connectivity index (χ1v) is 9.96. The van der Waals surface area contributed by atoms with Gasteiger partial charge in [-0.3, -0.25) is 19.3 Å². The average molecular weight is 433 g/mol. The van der Waals surface area contributed by atoms with Crippen molar-refractivity contribution in [3.63, 3.8) is 0 Å². The fourth-order valence-corrected chi connectivity index (χ4v) is 4.13. The Hall–Kier alpha value is -2.64. The van der Waals surface area contributed by atoms with Crippen LogP contribution in [0.1, 0.15) is 18.4 Å². The summed E-state index contributed by atoms with van der Waals surface area (Å²) in [6.45, 7) is -0.00678. The summed E-state index contributed by atoms with van der Waals surface area (Å²) in [6, 6.07) is 6.92. The van der Waals surface area contributed by atoms with E-state index in [1.165, 1.54) is 0 Å². The highest BCUT2D eigenvalue weighted by Gasteiger charge is 2.47. The Morgan fingerprint density at radius 3 is 2.48 bits per heavy atom. The van der Waals surface area contributed by atoms with Gasteiger partial charge in [-0.05, 0) is 24.5 Å². The van der Waals surface area contributed by atoms with Crippen LogP contribution in [0.15, 0.2) is 42.6 Å². The van der Waals surface area contributed by atoms with Crippen molar-refractivity contribution in [2.75, 3.05) is 11.9 Å². The zero-order valence-corrected chi connectivity index (χ0v) is 16.9. The Bertz CT molecular complexity index is 991. The van der Waals surface area contributed by atoms with Gasteiger partial charge in [0.1, 0.15) is 12.4 Å². The van der Waals surface area contributed by atoms with E-state index in [0.717, 1.165) is 10.5 Å². The van der Waals surface area contributed by atoms with E-state index in [2.05, 4.69) is 10.4 Å². The van der Waals surface area contributed by atoms with Crippen LogP contribution in [-0.4, -0.2) is 38.9 Å². The molecule has 1 fully saturated rings. The third-order valence-electron chi connectivity index (χ3n) is 5.24. The number of amides is 3. The lowest BCUT2D eigenvalue weighted by atomic mass is 9.85. The minimum absolute atomic E-state index is 0.279. The molecule has 2 heterocycles. The van der Waals surface area contributed by atoms with Gasteiger partial charge in [-0.25, -0.2) is 4.68 Å². The molecule has 3 amide bonds. The zero-order valence-electron chi connectivity index (χ0n) is 15.3. The molecule has 0 bridgehead atoms. The molecule has 1 saturated heterocycles. The highest BCUT2D eigenvalue weighted by Crippen LogP contribution is 2.35. The molecule has 7 nitrogen and oxygen atoms in total. The van der Waals surface area contributed by atoms with Gasteiger partial charge in [0.2, 0.25) is 17.7 Å². The highest BCUT2D eigenvalue weighted by molar-refractivity contribution is 6.42. The molecule has 1 aromatic heterocycles. The molecule has 0 spiro atoms. The number of hydrogen-bond donors (Lipinski definition) is 1. The second kappa shape index (κ2) is 8.00. The predicted molar refractivity (Wildman–Crippen MR) is 108 cm³/mol. The summed E-state index contributed by atoms with van der Waals surface area (Å²) in [6.07, 6.45) is 6.45. The minimum atomic E-state index is -0.461. The maximum absolute atomic E-state index is 12.5. The molecular formula is C20H18Cl2N4O3. The van der Waals surface area contributed by atoms with Crippen LogP contribution in [0.2, 0.25) is 10.0 Å². The van der Waals surface area contributed by atoms with Crippen molar-refractivity contribution >= 4 is 46.7 Å². The summed E-state index contributed by atoms with van der Waals surface area (Å²) in [5.41, 5.74) is 0.750. The molecule has 1 aliphatic carbocycles. The number of halogens is 2. The molecule has 1 aliphatic heterocycles. The Morgan fingerprint density at radius 1 is 1.10 bits per heavy atom. The first-order chi connectivity index (χ1) is 14.0. The smallest absolute Gasteiger partial charge is 0.245 e. The van der Waals surface area contributed by atoms with Crippen molar-refractivity contribution in [1.82, 2.24) is 14.7 Å². The lowest BCUT2D eigenvalue weighted by Gasteiger charge is -2.15. The molecule has 1 aromatic carbocycles. The van der Waals surface area contributed by atoms with Crippen LogP contribution in [0, 0.1) is 11.8 Å². The van der Waals surface area contributed by atoms with Crippen molar-refractivity contribution in [2.24, 2.45) is 11.8 Å². The van der Waals surface area contributed by atoms with E-state index in [9.17, 15) is 14.4 Å². The summed E-state index contributed by atoms with van der Waals surface area (Å²) in [5, 5.41) is 7.78. The largest absolute Gasteiger partial charge is 0.309 e. The molecule has 29 heavy (non-hydrogen) atoms. The monoisotopic (exact) mass is 432 g/mol. The summed E-state index contributed by atoms with van der Waals surface area (Å²) >= 11 is 12.3. The summed E-state index contributed by atoms with van der Waals surface area (Å²) in [5.74, 6) is -1.29. The van der Waals surface area contributed by atoms with E-state index in [1.807, 2.05) is 18.2 Å². The zero-order chi connectivity index (χ0) is 20.5. The number of carbonyl (C=O) groups excluding carboxylic acids is 3. The summed E-state index contributed by atoms with van der Waals surface area (Å²) in [4.78, 5) is 38.6. The van der Waals surface area contributed by atoms with Gasteiger partial charge in [-0.2, -0.15) is 5.10 Å². The van der Waals surface area contributed by atoms with Crippen molar-refractivity contribution < 1.29 is 14.4 Å². The quantitative estimate of drug-likeness (QED) is 0.580. The van der Waals surface area contributed by atoms with Crippen LogP contribution in [0.3, 0.4) is 0 Å². The second-order valence-corrected chi connectivity index (χ2v) is 7.84. The van der Waals surface area contributed by atoms with Crippen LogP contribution in [0.5, 0.6) is 0 Å². The van der Waals surface area contributed by atoms with E-state index in [4.69, 9.17) is 23.2 Å². The molecule has 9 heteroatoms. The SMILES string of the molecule is O=C(CN1C(=O)[C@@H]2CC=CC[C@H]2C1=O)Nc1ccnn1Cc1cccc(Cl)c1Cl. The van der Waals surface area contributed by atoms with E-state index in [1.54, 1.807) is 29.1 Å². The number of imide groups is 1. The number of nitrogens with zero attached hydrogens (tertiary/aromatic N) is 3. The van der Waals surface area contributed by atoms with Crippen LogP contribution in [0.25, 0.3) is 0 Å². The molecule has 2 atom stereocenters. The molecule has 0 radical (unpaired) electrons. The van der Waals surface area contributed by atoms with Crippen LogP contribution < -0.4 is 5.32 Å². The van der Waals surface area contributed by atoms with Gasteiger partial charge in [0.15, 0.2) is 0 Å². The van der Waals surface area contributed by atoms with Crippen molar-refractivity contribution in [3.8, 4) is 0 Å². The van der Waals surface area contributed by atoms with E-state index in [0.29, 0.717) is 35.2 Å². The maximum Gasteiger partial charge on any atom is 0.245 e. The van der Waals surface area contributed by atoms with E-state index < -0.39 is 5.91 Å². The number of allylic oxidation sites excluding steroid dienone is 2. The van der Waals surface area contributed by atoms with Gasteiger partial charge in [-0.1, -0.05) is 47.5 Å². The van der Waals surface area contributed by atoms with Crippen molar-refractivity contribution in [1.29, 1.82) is 0 Å². The number of benzene rings is 1. The Labute approximate surface area is 177 Å². The molecular weight excluding hydrogens is 415 g/mol. The number of likely N-dealkylation sites (tertiary alicyclic amines) is 1. The Balaban J connectivity index is 1.44. The minimum Gasteiger partial charge on any atom is -0.309 e. The molecule has 0 saturated carbocycles. The first-order valence-electron chi connectivity index (χ1n) is 9.20.